The number of benzene rings is 3. The van der Waals surface area contributed by atoms with Crippen molar-refractivity contribution in [1.29, 1.82) is 0 Å². The molecule has 0 spiro atoms. The number of hydrogen-bond donors (Lipinski definition) is 2. The first kappa shape index (κ1) is 26.6. The minimum Gasteiger partial charge on any atom is -0.325 e. The van der Waals surface area contributed by atoms with Gasteiger partial charge in [-0.15, -0.1) is 0 Å². The topological polar surface area (TPSA) is 95.6 Å². The van der Waals surface area contributed by atoms with Crippen molar-refractivity contribution in [1.82, 2.24) is 4.72 Å². The van der Waals surface area contributed by atoms with E-state index in [4.69, 9.17) is 0 Å². The predicted molar refractivity (Wildman–Crippen MR) is 146 cm³/mol. The first-order valence-corrected chi connectivity index (χ1v) is 14.1. The Labute approximate surface area is 218 Å². The smallest absolute Gasteiger partial charge is 0.242 e. The number of nitrogens with zero attached hydrogens (tertiary/aromatic N) is 1. The van der Waals surface area contributed by atoms with Gasteiger partial charge in [0.2, 0.25) is 21.8 Å². The lowest BCUT2D eigenvalue weighted by Crippen LogP contribution is -2.45. The van der Waals surface area contributed by atoms with E-state index in [9.17, 15) is 18.0 Å². The molecule has 194 valence electrons. The molecule has 2 amide bonds. The first-order valence-electron chi connectivity index (χ1n) is 12.6. The average molecular weight is 520 g/mol. The molecule has 8 heteroatoms. The third kappa shape index (κ3) is 6.26. The molecule has 37 heavy (non-hydrogen) atoms. The van der Waals surface area contributed by atoms with E-state index < -0.39 is 22.0 Å². The summed E-state index contributed by atoms with van der Waals surface area (Å²) in [5, 5.41) is 2.86. The van der Waals surface area contributed by atoms with Gasteiger partial charge < -0.3 is 10.2 Å². The fourth-order valence-corrected chi connectivity index (χ4v) is 5.71. The van der Waals surface area contributed by atoms with Crippen LogP contribution in [0.3, 0.4) is 0 Å². The van der Waals surface area contributed by atoms with Crippen molar-refractivity contribution >= 4 is 33.2 Å². The third-order valence-corrected chi connectivity index (χ3v) is 8.07. The van der Waals surface area contributed by atoms with Gasteiger partial charge in [-0.2, -0.15) is 4.72 Å². The Bertz CT molecular complexity index is 1370. The standard InChI is InChI=1S/C29H33N3O4S/c1-4-28(33)32-17-16-23-19-25(14-15-27(23)32)37(35,36)31-26(18-21-8-6-5-7-9-21)29(34)30-24-12-10-22(11-13-24)20(2)3/h5-15,19-20,26,31H,4,16-18H2,1-3H3,(H,30,34)/t26-/m1/s1. The molecule has 3 aromatic rings. The van der Waals surface area contributed by atoms with Crippen molar-refractivity contribution in [2.45, 2.75) is 56.9 Å². The minimum atomic E-state index is -4.01. The Hall–Kier alpha value is -3.49. The molecule has 2 N–H and O–H groups in total. The van der Waals surface area contributed by atoms with Crippen molar-refractivity contribution in [2.24, 2.45) is 0 Å². The van der Waals surface area contributed by atoms with Crippen LogP contribution in [-0.2, 0) is 32.5 Å². The number of carbonyl (C=O) groups excluding carboxylic acids is 2. The van der Waals surface area contributed by atoms with Gasteiger partial charge in [-0.05, 0) is 65.8 Å². The summed E-state index contributed by atoms with van der Waals surface area (Å²) in [6.07, 6.45) is 1.17. The van der Waals surface area contributed by atoms with Crippen molar-refractivity contribution < 1.29 is 18.0 Å². The maximum absolute atomic E-state index is 13.4. The second kappa shape index (κ2) is 11.3. The van der Waals surface area contributed by atoms with E-state index in [1.807, 2.05) is 54.6 Å². The zero-order valence-electron chi connectivity index (χ0n) is 21.4. The number of sulfonamides is 1. The van der Waals surface area contributed by atoms with Crippen LogP contribution in [0.15, 0.2) is 77.7 Å². The van der Waals surface area contributed by atoms with Gasteiger partial charge in [-0.3, -0.25) is 9.59 Å². The third-order valence-electron chi connectivity index (χ3n) is 6.60. The highest BCUT2D eigenvalue weighted by molar-refractivity contribution is 7.89. The Morgan fingerprint density at radius 2 is 1.68 bits per heavy atom. The van der Waals surface area contributed by atoms with Gasteiger partial charge in [0, 0.05) is 24.3 Å². The number of amides is 2. The first-order chi connectivity index (χ1) is 17.7. The molecule has 7 nitrogen and oxygen atoms in total. The van der Waals surface area contributed by atoms with Crippen molar-refractivity contribution in [3.8, 4) is 0 Å². The molecule has 0 aromatic heterocycles. The normalized spacial score (nSPS) is 13.9. The summed E-state index contributed by atoms with van der Waals surface area (Å²) < 4.78 is 29.4. The fourth-order valence-electron chi connectivity index (χ4n) is 4.47. The van der Waals surface area contributed by atoms with Gasteiger partial charge in [-0.1, -0.05) is 63.2 Å². The van der Waals surface area contributed by atoms with E-state index in [0.717, 1.165) is 22.4 Å². The van der Waals surface area contributed by atoms with Gasteiger partial charge >= 0.3 is 0 Å². The second-order valence-corrected chi connectivity index (χ2v) is 11.3. The highest BCUT2D eigenvalue weighted by atomic mass is 32.2. The average Bonchev–Trinajstić information content (AvgIpc) is 3.32. The van der Waals surface area contributed by atoms with Gasteiger partial charge in [0.05, 0.1) is 4.90 Å². The van der Waals surface area contributed by atoms with E-state index in [1.54, 1.807) is 24.0 Å². The van der Waals surface area contributed by atoms with Gasteiger partial charge in [0.1, 0.15) is 6.04 Å². The number of anilines is 2. The molecular weight excluding hydrogens is 486 g/mol. The molecule has 0 bridgehead atoms. The minimum absolute atomic E-state index is 0.00788. The molecule has 0 saturated heterocycles. The molecule has 0 unspecified atom stereocenters. The summed E-state index contributed by atoms with van der Waals surface area (Å²) in [5.74, 6) is -0.0685. The molecule has 1 heterocycles. The van der Waals surface area contributed by atoms with Crippen LogP contribution in [0, 0.1) is 0 Å². The molecule has 0 radical (unpaired) electrons. The quantitative estimate of drug-likeness (QED) is 0.431. The lowest BCUT2D eigenvalue weighted by atomic mass is 10.0. The van der Waals surface area contributed by atoms with Crippen LogP contribution in [0.2, 0.25) is 0 Å². The van der Waals surface area contributed by atoms with Crippen molar-refractivity contribution in [3.63, 3.8) is 0 Å². The van der Waals surface area contributed by atoms with E-state index in [2.05, 4.69) is 23.9 Å². The summed E-state index contributed by atoms with van der Waals surface area (Å²) >= 11 is 0. The Balaban J connectivity index is 1.57. The Morgan fingerprint density at radius 3 is 2.32 bits per heavy atom. The van der Waals surface area contributed by atoms with Crippen LogP contribution in [0.25, 0.3) is 0 Å². The predicted octanol–water partition coefficient (Wildman–Crippen LogP) is 4.64. The SMILES string of the molecule is CCC(=O)N1CCc2cc(S(=O)(=O)N[C@H](Cc3ccccc3)C(=O)Nc3ccc(C(C)C)cc3)ccc21. The van der Waals surface area contributed by atoms with Crippen LogP contribution in [0.4, 0.5) is 11.4 Å². The van der Waals surface area contributed by atoms with Gasteiger partial charge in [0.25, 0.3) is 0 Å². The fraction of sp³-hybridized carbons (Fsp3) is 0.310. The Morgan fingerprint density at radius 1 is 0.973 bits per heavy atom. The second-order valence-electron chi connectivity index (χ2n) is 9.57. The maximum atomic E-state index is 13.4. The largest absolute Gasteiger partial charge is 0.325 e. The van der Waals surface area contributed by atoms with Crippen LogP contribution in [0.1, 0.15) is 49.8 Å². The number of fused-ring (bicyclic) bond motifs is 1. The summed E-state index contributed by atoms with van der Waals surface area (Å²) in [4.78, 5) is 27.3. The zero-order valence-corrected chi connectivity index (χ0v) is 22.2. The van der Waals surface area contributed by atoms with Crippen LogP contribution in [0.5, 0.6) is 0 Å². The lowest BCUT2D eigenvalue weighted by Gasteiger charge is -2.20. The van der Waals surface area contributed by atoms with Crippen molar-refractivity contribution in [3.05, 3.63) is 89.5 Å². The number of rotatable bonds is 9. The molecular formula is C29H33N3O4S. The summed E-state index contributed by atoms with van der Waals surface area (Å²) in [5.41, 5.74) is 4.14. The van der Waals surface area contributed by atoms with Gasteiger partial charge in [0.15, 0.2) is 0 Å². The Kier molecular flexibility index (Phi) is 8.10. The molecule has 1 aliphatic rings. The van der Waals surface area contributed by atoms with Crippen LogP contribution < -0.4 is 14.9 Å². The summed E-state index contributed by atoms with van der Waals surface area (Å²) in [6, 6.07) is 20.6. The van der Waals surface area contributed by atoms with Crippen LogP contribution >= 0.6 is 0 Å². The molecule has 0 fully saturated rings. The zero-order chi connectivity index (χ0) is 26.6. The number of hydrogen-bond acceptors (Lipinski definition) is 4. The molecule has 0 saturated carbocycles. The van der Waals surface area contributed by atoms with Crippen molar-refractivity contribution in [2.75, 3.05) is 16.8 Å². The lowest BCUT2D eigenvalue weighted by molar-refractivity contribution is -0.118. The van der Waals surface area contributed by atoms with E-state index >= 15 is 0 Å². The number of nitrogens with one attached hydrogen (secondary N) is 2. The van der Waals surface area contributed by atoms with E-state index in [1.165, 1.54) is 6.07 Å². The summed E-state index contributed by atoms with van der Waals surface area (Å²) in [7, 11) is -4.01. The highest BCUT2D eigenvalue weighted by Crippen LogP contribution is 2.31. The maximum Gasteiger partial charge on any atom is 0.242 e. The van der Waals surface area contributed by atoms with Gasteiger partial charge in [-0.25, -0.2) is 8.42 Å². The monoisotopic (exact) mass is 519 g/mol. The number of carbonyl (C=O) groups is 2. The van der Waals surface area contributed by atoms with Crippen LogP contribution in [-0.4, -0.2) is 32.8 Å². The molecule has 3 aromatic carbocycles. The highest BCUT2D eigenvalue weighted by Gasteiger charge is 2.29. The molecule has 0 aliphatic carbocycles. The molecule has 4 rings (SSSR count). The molecule has 1 aliphatic heterocycles. The molecule has 1 atom stereocenters. The summed E-state index contributed by atoms with van der Waals surface area (Å²) in [6.45, 7) is 6.53. The van der Waals surface area contributed by atoms with E-state index in [0.29, 0.717) is 31.0 Å². The van der Waals surface area contributed by atoms with E-state index in [-0.39, 0.29) is 17.2 Å².